The summed E-state index contributed by atoms with van der Waals surface area (Å²) in [6, 6.07) is 7.16. The predicted octanol–water partition coefficient (Wildman–Crippen LogP) is 1.90. The Morgan fingerprint density at radius 3 is 2.54 bits per heavy atom. The Hall–Kier alpha value is -2.12. The molecule has 1 fully saturated rings. The Balaban J connectivity index is 0.00000392. The van der Waals surface area contributed by atoms with E-state index in [1.54, 1.807) is 24.3 Å². The predicted molar refractivity (Wildman–Crippen MR) is 110 cm³/mol. The summed E-state index contributed by atoms with van der Waals surface area (Å²) in [6.45, 7) is 4.05. The van der Waals surface area contributed by atoms with Gasteiger partial charge in [0.05, 0.1) is 13.5 Å². The zero-order chi connectivity index (χ0) is 19.6. The van der Waals surface area contributed by atoms with Crippen LogP contribution in [0.5, 0.6) is 0 Å². The van der Waals surface area contributed by atoms with E-state index in [2.05, 4.69) is 27.6 Å². The van der Waals surface area contributed by atoms with Gasteiger partial charge in [-0.25, -0.2) is 0 Å². The van der Waals surface area contributed by atoms with Crippen molar-refractivity contribution < 1.29 is 19.1 Å². The molecule has 1 aromatic carbocycles. The van der Waals surface area contributed by atoms with Crippen molar-refractivity contribution in [2.45, 2.75) is 32.6 Å². The van der Waals surface area contributed by atoms with E-state index in [4.69, 9.17) is 0 Å². The van der Waals surface area contributed by atoms with Crippen LogP contribution in [0.2, 0.25) is 0 Å². The highest BCUT2D eigenvalue weighted by atomic mass is 35.5. The number of methoxy groups -OCH3 is 1. The molecule has 2 amide bonds. The van der Waals surface area contributed by atoms with Crippen molar-refractivity contribution in [3.8, 4) is 0 Å². The SMILES string of the molecule is COC(=O)CNC(=O)Cc1ccc(NC(=O)CC(C)C2CCCNC2)cc1.Cl. The van der Waals surface area contributed by atoms with Crippen LogP contribution in [0.15, 0.2) is 24.3 Å². The van der Waals surface area contributed by atoms with Gasteiger partial charge in [0.1, 0.15) is 6.54 Å². The van der Waals surface area contributed by atoms with Crippen LogP contribution in [-0.4, -0.2) is 44.5 Å². The maximum absolute atomic E-state index is 12.3. The molecule has 0 saturated carbocycles. The molecule has 1 aliphatic heterocycles. The molecule has 28 heavy (non-hydrogen) atoms. The minimum atomic E-state index is -0.486. The number of piperidine rings is 1. The summed E-state index contributed by atoms with van der Waals surface area (Å²) < 4.78 is 4.47. The van der Waals surface area contributed by atoms with Crippen molar-refractivity contribution in [3.05, 3.63) is 29.8 Å². The zero-order valence-electron chi connectivity index (χ0n) is 16.5. The number of anilines is 1. The van der Waals surface area contributed by atoms with Gasteiger partial charge in [0.25, 0.3) is 0 Å². The van der Waals surface area contributed by atoms with Gasteiger partial charge in [-0.05, 0) is 55.5 Å². The lowest BCUT2D eigenvalue weighted by molar-refractivity contribution is -0.141. The second-order valence-electron chi connectivity index (χ2n) is 7.06. The van der Waals surface area contributed by atoms with E-state index in [1.807, 2.05) is 0 Å². The third-order valence-corrected chi connectivity index (χ3v) is 4.91. The first kappa shape index (κ1) is 23.9. The standard InChI is InChI=1S/C20H29N3O4.ClH/c1-14(16-4-3-9-21-12-16)10-19(25)23-17-7-5-15(6-8-17)11-18(24)22-13-20(26)27-2;/h5-8,14,16,21H,3-4,9-13H2,1-2H3,(H,22,24)(H,23,25);1H. The third kappa shape index (κ3) is 8.27. The highest BCUT2D eigenvalue weighted by molar-refractivity contribution is 5.91. The molecule has 3 N–H and O–H groups in total. The van der Waals surface area contributed by atoms with Crippen LogP contribution in [0.1, 0.15) is 31.7 Å². The van der Waals surface area contributed by atoms with Gasteiger partial charge >= 0.3 is 5.97 Å². The number of nitrogens with one attached hydrogen (secondary N) is 3. The number of amides is 2. The van der Waals surface area contributed by atoms with E-state index in [0.717, 1.165) is 18.7 Å². The first-order valence-corrected chi connectivity index (χ1v) is 9.41. The number of benzene rings is 1. The van der Waals surface area contributed by atoms with E-state index in [0.29, 0.717) is 23.9 Å². The van der Waals surface area contributed by atoms with Crippen molar-refractivity contribution in [2.75, 3.05) is 32.1 Å². The van der Waals surface area contributed by atoms with Crippen LogP contribution in [0.25, 0.3) is 0 Å². The number of rotatable bonds is 8. The topological polar surface area (TPSA) is 96.5 Å². The highest BCUT2D eigenvalue weighted by Gasteiger charge is 2.22. The van der Waals surface area contributed by atoms with Gasteiger partial charge in [-0.3, -0.25) is 14.4 Å². The van der Waals surface area contributed by atoms with Crippen LogP contribution >= 0.6 is 12.4 Å². The second kappa shape index (κ2) is 12.4. The molecular formula is C20H30ClN3O4. The number of hydrogen-bond acceptors (Lipinski definition) is 5. The van der Waals surface area contributed by atoms with Crippen LogP contribution in [0, 0.1) is 11.8 Å². The van der Waals surface area contributed by atoms with Gasteiger partial charge in [-0.2, -0.15) is 0 Å². The minimum absolute atomic E-state index is 0. The lowest BCUT2D eigenvalue weighted by Gasteiger charge is -2.28. The number of hydrogen-bond donors (Lipinski definition) is 3. The quantitative estimate of drug-likeness (QED) is 0.568. The molecule has 1 aromatic rings. The Bertz CT molecular complexity index is 645. The van der Waals surface area contributed by atoms with Gasteiger partial charge < -0.3 is 20.7 Å². The molecule has 1 saturated heterocycles. The summed E-state index contributed by atoms with van der Waals surface area (Å²) in [7, 11) is 1.27. The largest absolute Gasteiger partial charge is 0.468 e. The first-order valence-electron chi connectivity index (χ1n) is 9.41. The van der Waals surface area contributed by atoms with Gasteiger partial charge in [0, 0.05) is 12.1 Å². The van der Waals surface area contributed by atoms with E-state index in [-0.39, 0.29) is 37.2 Å². The summed E-state index contributed by atoms with van der Waals surface area (Å²) in [5.74, 6) is 0.161. The van der Waals surface area contributed by atoms with Crippen molar-refractivity contribution in [1.29, 1.82) is 0 Å². The molecule has 0 aliphatic carbocycles. The maximum Gasteiger partial charge on any atom is 0.325 e. The second-order valence-corrected chi connectivity index (χ2v) is 7.06. The number of carbonyl (C=O) groups excluding carboxylic acids is 3. The fraction of sp³-hybridized carbons (Fsp3) is 0.550. The number of esters is 1. The molecule has 1 aliphatic rings. The third-order valence-electron chi connectivity index (χ3n) is 4.91. The smallest absolute Gasteiger partial charge is 0.325 e. The van der Waals surface area contributed by atoms with E-state index in [1.165, 1.54) is 20.0 Å². The summed E-state index contributed by atoms with van der Waals surface area (Å²) >= 11 is 0. The molecule has 2 unspecified atom stereocenters. The molecule has 0 bridgehead atoms. The monoisotopic (exact) mass is 411 g/mol. The molecule has 0 spiro atoms. The Morgan fingerprint density at radius 2 is 1.93 bits per heavy atom. The molecule has 1 heterocycles. The van der Waals surface area contributed by atoms with Crippen molar-refractivity contribution in [1.82, 2.24) is 10.6 Å². The van der Waals surface area contributed by atoms with E-state index >= 15 is 0 Å². The average molecular weight is 412 g/mol. The van der Waals surface area contributed by atoms with Crippen LogP contribution < -0.4 is 16.0 Å². The molecular weight excluding hydrogens is 382 g/mol. The van der Waals surface area contributed by atoms with Gasteiger partial charge in [-0.15, -0.1) is 12.4 Å². The van der Waals surface area contributed by atoms with Crippen LogP contribution in [0.3, 0.4) is 0 Å². The van der Waals surface area contributed by atoms with Gasteiger partial charge in [0.2, 0.25) is 11.8 Å². The van der Waals surface area contributed by atoms with E-state index in [9.17, 15) is 14.4 Å². The van der Waals surface area contributed by atoms with Crippen molar-refractivity contribution in [2.24, 2.45) is 11.8 Å². The molecule has 2 atom stereocenters. The fourth-order valence-electron chi connectivity index (χ4n) is 3.23. The summed E-state index contributed by atoms with van der Waals surface area (Å²) in [5.41, 5.74) is 1.52. The van der Waals surface area contributed by atoms with Crippen molar-refractivity contribution >= 4 is 35.9 Å². The van der Waals surface area contributed by atoms with Crippen LogP contribution in [-0.2, 0) is 25.5 Å². The van der Waals surface area contributed by atoms with Gasteiger partial charge in [-0.1, -0.05) is 19.1 Å². The summed E-state index contributed by atoms with van der Waals surface area (Å²) in [6.07, 6.45) is 3.01. The average Bonchev–Trinajstić information content (AvgIpc) is 2.68. The summed E-state index contributed by atoms with van der Waals surface area (Å²) in [5, 5.41) is 8.80. The Labute approximate surface area is 172 Å². The number of ether oxygens (including phenoxy) is 1. The number of carbonyl (C=O) groups is 3. The minimum Gasteiger partial charge on any atom is -0.468 e. The van der Waals surface area contributed by atoms with Crippen LogP contribution in [0.4, 0.5) is 5.69 Å². The number of halogens is 1. The normalized spacial score (nSPS) is 17.0. The molecule has 7 nitrogen and oxygen atoms in total. The molecule has 2 rings (SSSR count). The molecule has 156 valence electrons. The Morgan fingerprint density at radius 1 is 1.21 bits per heavy atom. The van der Waals surface area contributed by atoms with E-state index < -0.39 is 5.97 Å². The summed E-state index contributed by atoms with van der Waals surface area (Å²) in [4.78, 5) is 35.1. The lowest BCUT2D eigenvalue weighted by Crippen LogP contribution is -2.34. The highest BCUT2D eigenvalue weighted by Crippen LogP contribution is 2.23. The maximum atomic E-state index is 12.3. The fourth-order valence-corrected chi connectivity index (χ4v) is 3.23. The van der Waals surface area contributed by atoms with Gasteiger partial charge in [0.15, 0.2) is 0 Å². The molecule has 8 heteroatoms. The Kier molecular flexibility index (Phi) is 10.6. The zero-order valence-corrected chi connectivity index (χ0v) is 17.3. The molecule has 0 radical (unpaired) electrons. The van der Waals surface area contributed by atoms with Crippen molar-refractivity contribution in [3.63, 3.8) is 0 Å². The molecule has 0 aromatic heterocycles. The lowest BCUT2D eigenvalue weighted by atomic mass is 9.85. The first-order chi connectivity index (χ1) is 13.0.